The SMILES string of the molecule is CNCc1ccc(COc2cncc(Br)c2)c(Br)c1. The molecule has 5 heteroatoms. The van der Waals surface area contributed by atoms with Gasteiger partial charge in [0.05, 0.1) is 6.20 Å². The third kappa shape index (κ3) is 4.30. The standard InChI is InChI=1S/C14H14Br2N2O/c1-17-6-10-2-3-11(14(16)4-10)9-19-13-5-12(15)7-18-8-13/h2-5,7-8,17H,6,9H2,1H3. The fraction of sp³-hybridized carbons (Fsp3) is 0.214. The summed E-state index contributed by atoms with van der Waals surface area (Å²) in [6.45, 7) is 1.37. The molecule has 1 aromatic heterocycles. The summed E-state index contributed by atoms with van der Waals surface area (Å²) in [6.07, 6.45) is 3.43. The van der Waals surface area contributed by atoms with Gasteiger partial charge in [-0.25, -0.2) is 0 Å². The van der Waals surface area contributed by atoms with Crippen molar-refractivity contribution in [3.8, 4) is 5.75 Å². The maximum atomic E-state index is 5.72. The second-order valence-corrected chi connectivity index (χ2v) is 5.85. The predicted octanol–water partition coefficient (Wildman–Crippen LogP) is 3.91. The molecule has 1 aromatic carbocycles. The lowest BCUT2D eigenvalue weighted by Gasteiger charge is -2.09. The number of rotatable bonds is 5. The summed E-state index contributed by atoms with van der Waals surface area (Å²) in [5, 5.41) is 3.13. The molecule has 0 spiro atoms. The first kappa shape index (κ1) is 14.5. The van der Waals surface area contributed by atoms with E-state index in [0.29, 0.717) is 6.61 Å². The predicted molar refractivity (Wildman–Crippen MR) is 83.2 cm³/mol. The van der Waals surface area contributed by atoms with Gasteiger partial charge in [0.15, 0.2) is 0 Å². The molecule has 0 atom stereocenters. The largest absolute Gasteiger partial charge is 0.487 e. The number of nitrogens with zero attached hydrogens (tertiary/aromatic N) is 1. The molecule has 0 aliphatic rings. The summed E-state index contributed by atoms with van der Waals surface area (Å²) in [5.41, 5.74) is 2.35. The number of nitrogens with one attached hydrogen (secondary N) is 1. The first-order valence-electron chi connectivity index (χ1n) is 5.84. The number of hydrogen-bond acceptors (Lipinski definition) is 3. The molecule has 0 aliphatic heterocycles. The number of aromatic nitrogens is 1. The zero-order valence-corrected chi connectivity index (χ0v) is 13.7. The summed E-state index contributed by atoms with van der Waals surface area (Å²) < 4.78 is 7.68. The van der Waals surface area contributed by atoms with Gasteiger partial charge in [-0.3, -0.25) is 4.98 Å². The van der Waals surface area contributed by atoms with E-state index in [9.17, 15) is 0 Å². The van der Waals surface area contributed by atoms with E-state index < -0.39 is 0 Å². The second-order valence-electron chi connectivity index (χ2n) is 4.08. The van der Waals surface area contributed by atoms with Gasteiger partial charge in [-0.1, -0.05) is 28.1 Å². The maximum absolute atomic E-state index is 5.72. The highest BCUT2D eigenvalue weighted by molar-refractivity contribution is 9.10. The Hall–Kier alpha value is -0.910. The highest BCUT2D eigenvalue weighted by Crippen LogP contribution is 2.22. The molecule has 1 N–H and O–H groups in total. The van der Waals surface area contributed by atoms with Crippen LogP contribution in [0.4, 0.5) is 0 Å². The molecule has 2 rings (SSSR count). The van der Waals surface area contributed by atoms with Crippen molar-refractivity contribution in [2.45, 2.75) is 13.2 Å². The summed E-state index contributed by atoms with van der Waals surface area (Å²) in [6, 6.07) is 8.17. The lowest BCUT2D eigenvalue weighted by molar-refractivity contribution is 0.304. The number of benzene rings is 1. The molecule has 0 fully saturated rings. The molecule has 0 saturated carbocycles. The Morgan fingerprint density at radius 3 is 2.74 bits per heavy atom. The van der Waals surface area contributed by atoms with Crippen molar-refractivity contribution in [1.82, 2.24) is 10.3 Å². The highest BCUT2D eigenvalue weighted by atomic mass is 79.9. The minimum absolute atomic E-state index is 0.512. The molecule has 3 nitrogen and oxygen atoms in total. The molecule has 2 aromatic rings. The van der Waals surface area contributed by atoms with E-state index in [0.717, 1.165) is 26.8 Å². The monoisotopic (exact) mass is 384 g/mol. The molecule has 100 valence electrons. The minimum atomic E-state index is 0.512. The van der Waals surface area contributed by atoms with Crippen molar-refractivity contribution < 1.29 is 4.74 Å². The van der Waals surface area contributed by atoms with Crippen LogP contribution in [-0.4, -0.2) is 12.0 Å². The highest BCUT2D eigenvalue weighted by Gasteiger charge is 2.03. The van der Waals surface area contributed by atoms with Crippen molar-refractivity contribution in [3.63, 3.8) is 0 Å². The topological polar surface area (TPSA) is 34.1 Å². The summed E-state index contributed by atoms with van der Waals surface area (Å²) in [7, 11) is 1.94. The minimum Gasteiger partial charge on any atom is -0.487 e. The van der Waals surface area contributed by atoms with Gasteiger partial charge in [0.25, 0.3) is 0 Å². The van der Waals surface area contributed by atoms with Crippen molar-refractivity contribution in [3.05, 3.63) is 56.7 Å². The van der Waals surface area contributed by atoms with E-state index in [1.165, 1.54) is 5.56 Å². The Bertz CT molecular complexity index is 561. The molecule has 0 unspecified atom stereocenters. The van der Waals surface area contributed by atoms with E-state index in [1.807, 2.05) is 13.1 Å². The molecule has 0 saturated heterocycles. The van der Waals surface area contributed by atoms with Gasteiger partial charge in [0, 0.05) is 27.3 Å². The third-order valence-corrected chi connectivity index (χ3v) is 3.74. The molecular formula is C14H14Br2N2O. The quantitative estimate of drug-likeness (QED) is 0.847. The second kappa shape index (κ2) is 7.03. The van der Waals surface area contributed by atoms with Crippen LogP contribution in [0.1, 0.15) is 11.1 Å². The average molecular weight is 386 g/mol. The van der Waals surface area contributed by atoms with E-state index in [-0.39, 0.29) is 0 Å². The van der Waals surface area contributed by atoms with Gasteiger partial charge in [0.1, 0.15) is 12.4 Å². The molecule has 19 heavy (non-hydrogen) atoms. The van der Waals surface area contributed by atoms with Gasteiger partial charge >= 0.3 is 0 Å². The molecule has 0 radical (unpaired) electrons. The maximum Gasteiger partial charge on any atom is 0.139 e. The van der Waals surface area contributed by atoms with E-state index in [4.69, 9.17) is 4.74 Å². The molecule has 1 heterocycles. The van der Waals surface area contributed by atoms with Gasteiger partial charge in [0.2, 0.25) is 0 Å². The van der Waals surface area contributed by atoms with E-state index >= 15 is 0 Å². The van der Waals surface area contributed by atoms with Crippen molar-refractivity contribution in [2.75, 3.05) is 7.05 Å². The average Bonchev–Trinajstić information content (AvgIpc) is 2.38. The Morgan fingerprint density at radius 2 is 2.05 bits per heavy atom. The van der Waals surface area contributed by atoms with Crippen molar-refractivity contribution in [2.24, 2.45) is 0 Å². The zero-order chi connectivity index (χ0) is 13.7. The summed E-state index contributed by atoms with van der Waals surface area (Å²) >= 11 is 6.94. The lowest BCUT2D eigenvalue weighted by atomic mass is 10.1. The van der Waals surface area contributed by atoms with Crippen LogP contribution in [0.5, 0.6) is 5.75 Å². The Kier molecular flexibility index (Phi) is 5.36. The number of ether oxygens (including phenoxy) is 1. The van der Waals surface area contributed by atoms with E-state index in [2.05, 4.69) is 60.4 Å². The van der Waals surface area contributed by atoms with Crippen LogP contribution in [0.3, 0.4) is 0 Å². The Morgan fingerprint density at radius 1 is 1.21 bits per heavy atom. The smallest absolute Gasteiger partial charge is 0.139 e. The normalized spacial score (nSPS) is 10.5. The Labute approximate surface area is 129 Å². The number of halogens is 2. The lowest BCUT2D eigenvalue weighted by Crippen LogP contribution is -2.05. The fourth-order valence-corrected chi connectivity index (χ4v) is 2.54. The van der Waals surface area contributed by atoms with Crippen LogP contribution < -0.4 is 10.1 Å². The van der Waals surface area contributed by atoms with Crippen molar-refractivity contribution >= 4 is 31.9 Å². The number of hydrogen-bond donors (Lipinski definition) is 1. The fourth-order valence-electron chi connectivity index (χ4n) is 1.65. The first-order chi connectivity index (χ1) is 9.19. The van der Waals surface area contributed by atoms with Gasteiger partial charge in [-0.2, -0.15) is 0 Å². The summed E-state index contributed by atoms with van der Waals surface area (Å²) in [4.78, 5) is 4.07. The Balaban J connectivity index is 2.03. The van der Waals surface area contributed by atoms with E-state index in [1.54, 1.807) is 12.4 Å². The van der Waals surface area contributed by atoms with Gasteiger partial charge < -0.3 is 10.1 Å². The van der Waals surface area contributed by atoms with Crippen LogP contribution in [0.25, 0.3) is 0 Å². The number of pyridine rings is 1. The molecule has 0 aliphatic carbocycles. The van der Waals surface area contributed by atoms with Crippen LogP contribution in [0, 0.1) is 0 Å². The van der Waals surface area contributed by atoms with Crippen LogP contribution in [0.15, 0.2) is 45.6 Å². The van der Waals surface area contributed by atoms with Gasteiger partial charge in [-0.15, -0.1) is 0 Å². The van der Waals surface area contributed by atoms with Crippen molar-refractivity contribution in [1.29, 1.82) is 0 Å². The first-order valence-corrected chi connectivity index (χ1v) is 7.43. The molecular weight excluding hydrogens is 372 g/mol. The van der Waals surface area contributed by atoms with Crippen LogP contribution in [0.2, 0.25) is 0 Å². The molecule has 0 amide bonds. The zero-order valence-electron chi connectivity index (χ0n) is 10.5. The summed E-state index contributed by atoms with van der Waals surface area (Å²) in [5.74, 6) is 0.751. The molecule has 0 bridgehead atoms. The van der Waals surface area contributed by atoms with Crippen LogP contribution >= 0.6 is 31.9 Å². The van der Waals surface area contributed by atoms with Crippen LogP contribution in [-0.2, 0) is 13.2 Å². The third-order valence-electron chi connectivity index (χ3n) is 2.57. The van der Waals surface area contributed by atoms with Gasteiger partial charge in [-0.05, 0) is 40.7 Å².